The summed E-state index contributed by atoms with van der Waals surface area (Å²) in [5.74, 6) is 0.424. The first-order valence-electron chi connectivity index (χ1n) is 22.7. The Morgan fingerprint density at radius 1 is 0.357 bits per heavy atom. The summed E-state index contributed by atoms with van der Waals surface area (Å²) >= 11 is 0. The Morgan fingerprint density at radius 2 is 0.607 bits per heavy atom. The molecule has 0 unspecified atom stereocenters. The van der Waals surface area contributed by atoms with Crippen LogP contribution in [0.2, 0.25) is 0 Å². The zero-order valence-corrected chi connectivity index (χ0v) is 35.4. The fourth-order valence-electron chi connectivity index (χ4n) is 6.78. The molecule has 0 spiro atoms. The van der Waals surface area contributed by atoms with E-state index in [2.05, 4.69) is 35.6 Å². The van der Waals surface area contributed by atoms with Crippen molar-refractivity contribution in [1.29, 1.82) is 0 Å². The maximum absolute atomic E-state index is 12.5. The van der Waals surface area contributed by atoms with Gasteiger partial charge in [0.1, 0.15) is 11.5 Å². The first kappa shape index (κ1) is 48.4. The molecule has 0 fully saturated rings. The molecule has 0 atom stereocenters. The van der Waals surface area contributed by atoms with E-state index < -0.39 is 17.8 Å². The quantitative estimate of drug-likeness (QED) is 0.0417. The fraction of sp³-hybridized carbons (Fsp3) is 0.681. The smallest absolute Gasteiger partial charge is 0.352 e. The van der Waals surface area contributed by atoms with E-state index in [1.807, 2.05) is 0 Å². The van der Waals surface area contributed by atoms with E-state index in [1.165, 1.54) is 154 Å². The summed E-state index contributed by atoms with van der Waals surface area (Å²) in [5.41, 5.74) is 9.88. The molecule has 56 heavy (non-hydrogen) atoms. The molecule has 2 aromatic carbocycles. The molecule has 0 saturated heterocycles. The number of amides is 4. The number of hydrazine groups is 2. The fourth-order valence-corrected chi connectivity index (χ4v) is 6.78. The zero-order chi connectivity index (χ0) is 40.2. The van der Waals surface area contributed by atoms with Crippen LogP contribution in [0.25, 0.3) is 0 Å². The number of unbranched alkanes of at least 4 members (excludes halogenated alkanes) is 26. The van der Waals surface area contributed by atoms with Gasteiger partial charge in [-0.2, -0.15) is 0 Å². The first-order valence-corrected chi connectivity index (χ1v) is 22.7. The predicted molar refractivity (Wildman–Crippen MR) is 231 cm³/mol. The number of ether oxygens (including phenoxy) is 2. The van der Waals surface area contributed by atoms with Crippen molar-refractivity contribution >= 4 is 17.8 Å². The van der Waals surface area contributed by atoms with Crippen LogP contribution in [0.1, 0.15) is 214 Å². The van der Waals surface area contributed by atoms with Gasteiger partial charge in [0, 0.05) is 11.1 Å². The Bertz CT molecular complexity index is 1160. The van der Waals surface area contributed by atoms with Gasteiger partial charge in [-0.05, 0) is 61.4 Å². The van der Waals surface area contributed by atoms with E-state index in [-0.39, 0.29) is 0 Å². The molecule has 0 bridgehead atoms. The van der Waals surface area contributed by atoms with Gasteiger partial charge in [-0.1, -0.05) is 181 Å². The van der Waals surface area contributed by atoms with Crippen molar-refractivity contribution in [2.45, 2.75) is 194 Å². The topological polar surface area (TPSA) is 118 Å². The molecule has 2 rings (SSSR count). The summed E-state index contributed by atoms with van der Waals surface area (Å²) in [4.78, 5) is 37.1. The third-order valence-electron chi connectivity index (χ3n) is 10.3. The van der Waals surface area contributed by atoms with Gasteiger partial charge >= 0.3 is 6.03 Å². The van der Waals surface area contributed by atoms with Crippen LogP contribution in [-0.4, -0.2) is 31.1 Å². The van der Waals surface area contributed by atoms with Crippen LogP contribution in [0.5, 0.6) is 11.5 Å². The molecule has 316 valence electrons. The Morgan fingerprint density at radius 3 is 0.875 bits per heavy atom. The van der Waals surface area contributed by atoms with Gasteiger partial charge in [0.05, 0.1) is 13.2 Å². The van der Waals surface area contributed by atoms with Crippen molar-refractivity contribution in [3.63, 3.8) is 0 Å². The third kappa shape index (κ3) is 26.2. The normalized spacial score (nSPS) is 10.9. The highest BCUT2D eigenvalue weighted by molar-refractivity contribution is 5.97. The molecule has 0 radical (unpaired) electrons. The minimum Gasteiger partial charge on any atom is -0.494 e. The molecule has 0 aliphatic heterocycles. The van der Waals surface area contributed by atoms with Crippen LogP contribution < -0.4 is 31.2 Å². The molecule has 2 aromatic rings. The SMILES string of the molecule is CCCCCCCCCCCCCCCCOc1ccc(C(=O)NNC(=O)NNC(=O)c2ccc(OCCCCCCCCCCCCCCCC)cc2)cc1. The largest absolute Gasteiger partial charge is 0.494 e. The van der Waals surface area contributed by atoms with E-state index in [4.69, 9.17) is 9.47 Å². The number of benzene rings is 2. The Labute approximate surface area is 340 Å². The predicted octanol–water partition coefficient (Wildman–Crippen LogP) is 12.7. The van der Waals surface area contributed by atoms with Crippen LogP contribution >= 0.6 is 0 Å². The zero-order valence-electron chi connectivity index (χ0n) is 35.4. The van der Waals surface area contributed by atoms with Crippen molar-refractivity contribution in [3.8, 4) is 11.5 Å². The maximum atomic E-state index is 12.5. The number of hydrogen-bond acceptors (Lipinski definition) is 5. The molecule has 0 aliphatic rings. The standard InChI is InChI=1S/C47H78N4O5/c1-3-5-7-9-11-13-15-17-19-21-23-25-27-29-39-55-43-35-31-41(32-36-43)45(52)48-50-47(54)51-49-46(53)42-33-37-44(38-34-42)56-40-30-28-26-24-22-20-18-16-14-12-10-8-6-4-2/h31-38H,3-30,39-40H2,1-2H3,(H,48,52)(H,49,53)(H2,50,51,54). The highest BCUT2D eigenvalue weighted by Gasteiger charge is 2.10. The first-order chi connectivity index (χ1) is 27.5. The van der Waals surface area contributed by atoms with Crippen LogP contribution in [-0.2, 0) is 0 Å². The molecule has 0 aromatic heterocycles. The summed E-state index contributed by atoms with van der Waals surface area (Å²) in [6.45, 7) is 5.83. The van der Waals surface area contributed by atoms with Crippen molar-refractivity contribution < 1.29 is 23.9 Å². The molecular weight excluding hydrogens is 701 g/mol. The van der Waals surface area contributed by atoms with Crippen molar-refractivity contribution in [1.82, 2.24) is 21.7 Å². The number of nitrogens with one attached hydrogen (secondary N) is 4. The van der Waals surface area contributed by atoms with Crippen molar-refractivity contribution in [3.05, 3.63) is 59.7 Å². The van der Waals surface area contributed by atoms with E-state index in [1.54, 1.807) is 48.5 Å². The van der Waals surface area contributed by atoms with E-state index >= 15 is 0 Å². The second kappa shape index (κ2) is 34.5. The number of carbonyl (C=O) groups excluding carboxylic acids is 3. The molecule has 9 heteroatoms. The molecule has 9 nitrogen and oxygen atoms in total. The molecule has 0 heterocycles. The summed E-state index contributed by atoms with van der Waals surface area (Å²) < 4.78 is 11.7. The van der Waals surface area contributed by atoms with Gasteiger partial charge in [0.25, 0.3) is 11.8 Å². The van der Waals surface area contributed by atoms with E-state index in [0.717, 1.165) is 25.7 Å². The molecule has 0 aliphatic carbocycles. The van der Waals surface area contributed by atoms with Gasteiger partial charge in [0.15, 0.2) is 0 Å². The Kier molecular flexibility index (Phi) is 29.8. The third-order valence-corrected chi connectivity index (χ3v) is 10.3. The highest BCUT2D eigenvalue weighted by atomic mass is 16.5. The molecule has 0 saturated carbocycles. The van der Waals surface area contributed by atoms with Crippen LogP contribution in [0.3, 0.4) is 0 Å². The number of carbonyl (C=O) groups is 3. The molecule has 4 amide bonds. The van der Waals surface area contributed by atoms with E-state index in [9.17, 15) is 14.4 Å². The lowest BCUT2D eigenvalue weighted by Crippen LogP contribution is -2.52. The second-order valence-electron chi connectivity index (χ2n) is 15.4. The lowest BCUT2D eigenvalue weighted by Gasteiger charge is -2.11. The second-order valence-corrected chi connectivity index (χ2v) is 15.4. The van der Waals surface area contributed by atoms with Crippen molar-refractivity contribution in [2.24, 2.45) is 0 Å². The van der Waals surface area contributed by atoms with Gasteiger partial charge in [-0.15, -0.1) is 0 Å². The average molecular weight is 779 g/mol. The average Bonchev–Trinajstić information content (AvgIpc) is 3.22. The monoisotopic (exact) mass is 779 g/mol. The summed E-state index contributed by atoms with van der Waals surface area (Å²) in [7, 11) is 0. The van der Waals surface area contributed by atoms with E-state index in [0.29, 0.717) is 35.8 Å². The lowest BCUT2D eigenvalue weighted by molar-refractivity contribution is 0.0929. The van der Waals surface area contributed by atoms with Gasteiger partial charge in [-0.25, -0.2) is 15.6 Å². The Hall–Kier alpha value is -3.75. The maximum Gasteiger partial charge on any atom is 0.352 e. The lowest BCUT2D eigenvalue weighted by atomic mass is 10.0. The van der Waals surface area contributed by atoms with Gasteiger partial charge < -0.3 is 9.47 Å². The number of rotatable bonds is 34. The minimum absolute atomic E-state index is 0.366. The minimum atomic E-state index is -0.784. The summed E-state index contributed by atoms with van der Waals surface area (Å²) in [5, 5.41) is 0. The van der Waals surface area contributed by atoms with Crippen LogP contribution in [0.4, 0.5) is 4.79 Å². The summed E-state index contributed by atoms with van der Waals surface area (Å²) in [6.07, 6.45) is 36.9. The number of urea groups is 1. The summed E-state index contributed by atoms with van der Waals surface area (Å²) in [6, 6.07) is 12.8. The highest BCUT2D eigenvalue weighted by Crippen LogP contribution is 2.17. The van der Waals surface area contributed by atoms with Crippen LogP contribution in [0, 0.1) is 0 Å². The van der Waals surface area contributed by atoms with Gasteiger partial charge in [-0.3, -0.25) is 20.4 Å². The van der Waals surface area contributed by atoms with Crippen molar-refractivity contribution in [2.75, 3.05) is 13.2 Å². The molecule has 4 N–H and O–H groups in total. The van der Waals surface area contributed by atoms with Crippen LogP contribution in [0.15, 0.2) is 48.5 Å². The van der Waals surface area contributed by atoms with Gasteiger partial charge in [0.2, 0.25) is 0 Å². The Balaban J connectivity index is 1.44. The molecular formula is C47H78N4O5. The number of hydrogen-bond donors (Lipinski definition) is 4.